The van der Waals surface area contributed by atoms with Crippen molar-refractivity contribution < 1.29 is 19.4 Å². The van der Waals surface area contributed by atoms with E-state index in [9.17, 15) is 9.90 Å². The summed E-state index contributed by atoms with van der Waals surface area (Å²) in [7, 11) is 3.14. The van der Waals surface area contributed by atoms with Crippen molar-refractivity contribution in [1.29, 1.82) is 0 Å². The number of hydrogen-bond acceptors (Lipinski definition) is 4. The average Bonchev–Trinajstić information content (AvgIpc) is 2.45. The van der Waals surface area contributed by atoms with E-state index in [1.807, 2.05) is 24.3 Å². The second-order valence-corrected chi connectivity index (χ2v) is 5.40. The second-order valence-electron chi connectivity index (χ2n) is 5.40. The van der Waals surface area contributed by atoms with E-state index in [1.54, 1.807) is 7.05 Å². The van der Waals surface area contributed by atoms with Crippen molar-refractivity contribution in [2.75, 3.05) is 33.9 Å². The summed E-state index contributed by atoms with van der Waals surface area (Å²) in [6, 6.07) is 7.72. The molecule has 0 aliphatic carbocycles. The molecule has 1 amide bonds. The number of nitrogens with zero attached hydrogens (tertiary/aromatic N) is 1. The Hall–Kier alpha value is -1.59. The fourth-order valence-electron chi connectivity index (χ4n) is 1.87. The van der Waals surface area contributed by atoms with Crippen LogP contribution >= 0.6 is 0 Å². The number of carbonyl (C=O) groups excluding carboxylic acids is 1. The van der Waals surface area contributed by atoms with Crippen molar-refractivity contribution in [3.05, 3.63) is 29.8 Å². The van der Waals surface area contributed by atoms with Crippen LogP contribution in [-0.4, -0.2) is 55.9 Å². The number of carbonyl (C=O) groups is 1. The van der Waals surface area contributed by atoms with E-state index in [0.29, 0.717) is 11.7 Å². The molecule has 1 aromatic carbocycles. The van der Waals surface area contributed by atoms with Crippen LogP contribution in [0.25, 0.3) is 0 Å². The standard InChI is InChI=1S/C16H25NO4/c1-12(2)13-5-7-15(8-6-13)21-11-16(19)17(3)9-14(18)10-20-4/h5-8,12,14,18H,9-11H2,1-4H3. The zero-order chi connectivity index (χ0) is 15.8. The van der Waals surface area contributed by atoms with Gasteiger partial charge in [-0.2, -0.15) is 0 Å². The Morgan fingerprint density at radius 1 is 1.29 bits per heavy atom. The van der Waals surface area contributed by atoms with Crippen molar-refractivity contribution >= 4 is 5.91 Å². The molecule has 1 unspecified atom stereocenters. The first-order valence-electron chi connectivity index (χ1n) is 7.07. The Labute approximate surface area is 126 Å². The predicted molar refractivity (Wildman–Crippen MR) is 81.5 cm³/mol. The molecule has 0 bridgehead atoms. The maximum absolute atomic E-state index is 11.9. The quantitative estimate of drug-likeness (QED) is 0.792. The molecule has 21 heavy (non-hydrogen) atoms. The molecule has 0 radical (unpaired) electrons. The first kappa shape index (κ1) is 17.5. The van der Waals surface area contributed by atoms with E-state index in [1.165, 1.54) is 17.6 Å². The minimum absolute atomic E-state index is 0.0444. The van der Waals surface area contributed by atoms with Crippen LogP contribution in [0.4, 0.5) is 0 Å². The van der Waals surface area contributed by atoms with E-state index >= 15 is 0 Å². The van der Waals surface area contributed by atoms with E-state index < -0.39 is 6.10 Å². The van der Waals surface area contributed by atoms with Gasteiger partial charge in [-0.3, -0.25) is 4.79 Å². The highest BCUT2D eigenvalue weighted by atomic mass is 16.5. The molecular weight excluding hydrogens is 270 g/mol. The maximum atomic E-state index is 11.9. The van der Waals surface area contributed by atoms with Crippen molar-refractivity contribution in [2.45, 2.75) is 25.9 Å². The van der Waals surface area contributed by atoms with Gasteiger partial charge in [0.25, 0.3) is 5.91 Å². The summed E-state index contributed by atoms with van der Waals surface area (Å²) >= 11 is 0. The Balaban J connectivity index is 2.41. The second kappa shape index (κ2) is 8.64. The summed E-state index contributed by atoms with van der Waals surface area (Å²) in [6.07, 6.45) is -0.686. The molecule has 0 heterocycles. The third kappa shape index (κ3) is 6.14. The molecule has 5 nitrogen and oxygen atoms in total. The van der Waals surface area contributed by atoms with Gasteiger partial charge in [-0.15, -0.1) is 0 Å². The van der Waals surface area contributed by atoms with Crippen LogP contribution in [0.1, 0.15) is 25.3 Å². The summed E-state index contributed by atoms with van der Waals surface area (Å²) in [6.45, 7) is 4.63. The number of hydrogen-bond donors (Lipinski definition) is 1. The summed E-state index contributed by atoms with van der Waals surface area (Å²) in [5.41, 5.74) is 1.23. The monoisotopic (exact) mass is 295 g/mol. The molecule has 0 saturated heterocycles. The smallest absolute Gasteiger partial charge is 0.260 e. The van der Waals surface area contributed by atoms with E-state index in [-0.39, 0.29) is 25.7 Å². The molecule has 0 fully saturated rings. The topological polar surface area (TPSA) is 59.0 Å². The van der Waals surface area contributed by atoms with Gasteiger partial charge in [0.15, 0.2) is 6.61 Å². The van der Waals surface area contributed by atoms with E-state index in [4.69, 9.17) is 9.47 Å². The van der Waals surface area contributed by atoms with Gasteiger partial charge < -0.3 is 19.5 Å². The number of ether oxygens (including phenoxy) is 2. The molecule has 1 atom stereocenters. The Morgan fingerprint density at radius 3 is 2.43 bits per heavy atom. The highest BCUT2D eigenvalue weighted by Crippen LogP contribution is 2.18. The molecule has 1 rings (SSSR count). The fraction of sp³-hybridized carbons (Fsp3) is 0.562. The molecule has 0 aromatic heterocycles. The van der Waals surface area contributed by atoms with Gasteiger partial charge in [0.1, 0.15) is 5.75 Å². The minimum Gasteiger partial charge on any atom is -0.484 e. The molecule has 0 aliphatic rings. The number of benzene rings is 1. The predicted octanol–water partition coefficient (Wildman–Crippen LogP) is 1.65. The van der Waals surface area contributed by atoms with Gasteiger partial charge in [-0.05, 0) is 23.6 Å². The zero-order valence-electron chi connectivity index (χ0n) is 13.2. The third-order valence-electron chi connectivity index (χ3n) is 3.18. The number of aliphatic hydroxyl groups excluding tert-OH is 1. The molecular formula is C16H25NO4. The lowest BCUT2D eigenvalue weighted by Crippen LogP contribution is -2.38. The van der Waals surface area contributed by atoms with Gasteiger partial charge in [-0.1, -0.05) is 26.0 Å². The van der Waals surface area contributed by atoms with E-state index in [0.717, 1.165) is 0 Å². The van der Waals surface area contributed by atoms with Crippen molar-refractivity contribution in [2.24, 2.45) is 0 Å². The minimum atomic E-state index is -0.686. The number of aliphatic hydroxyl groups is 1. The lowest BCUT2D eigenvalue weighted by molar-refractivity contribution is -0.133. The highest BCUT2D eigenvalue weighted by Gasteiger charge is 2.14. The first-order chi connectivity index (χ1) is 9.93. The molecule has 118 valence electrons. The van der Waals surface area contributed by atoms with Gasteiger partial charge >= 0.3 is 0 Å². The number of likely N-dealkylation sites (N-methyl/N-ethyl adjacent to an activating group) is 1. The maximum Gasteiger partial charge on any atom is 0.260 e. The molecule has 1 aromatic rings. The summed E-state index contributed by atoms with van der Waals surface area (Å²) in [5, 5.41) is 9.58. The van der Waals surface area contributed by atoms with Crippen LogP contribution in [0, 0.1) is 0 Å². The van der Waals surface area contributed by atoms with Crippen LogP contribution in [0.3, 0.4) is 0 Å². The van der Waals surface area contributed by atoms with Crippen LogP contribution in [0.5, 0.6) is 5.75 Å². The van der Waals surface area contributed by atoms with Gasteiger partial charge in [0.05, 0.1) is 12.7 Å². The number of amides is 1. The van der Waals surface area contributed by atoms with Crippen LogP contribution in [0.2, 0.25) is 0 Å². The van der Waals surface area contributed by atoms with Gasteiger partial charge in [0.2, 0.25) is 0 Å². The molecule has 0 saturated carbocycles. The number of methoxy groups -OCH3 is 1. The highest BCUT2D eigenvalue weighted by molar-refractivity contribution is 5.77. The molecule has 0 spiro atoms. The first-order valence-corrected chi connectivity index (χ1v) is 7.07. The Bertz CT molecular complexity index is 430. The molecule has 1 N–H and O–H groups in total. The Morgan fingerprint density at radius 2 is 1.90 bits per heavy atom. The Kier molecular flexibility index (Phi) is 7.19. The molecule has 5 heteroatoms. The number of rotatable bonds is 8. The van der Waals surface area contributed by atoms with E-state index in [2.05, 4.69) is 13.8 Å². The average molecular weight is 295 g/mol. The summed E-state index contributed by atoms with van der Waals surface area (Å²) < 4.78 is 10.3. The van der Waals surface area contributed by atoms with Crippen molar-refractivity contribution in [1.82, 2.24) is 4.90 Å². The van der Waals surface area contributed by atoms with Gasteiger partial charge in [0, 0.05) is 20.7 Å². The normalized spacial score (nSPS) is 12.3. The largest absolute Gasteiger partial charge is 0.484 e. The summed E-state index contributed by atoms with van der Waals surface area (Å²) in [4.78, 5) is 13.3. The van der Waals surface area contributed by atoms with Crippen molar-refractivity contribution in [3.8, 4) is 5.75 Å². The lowest BCUT2D eigenvalue weighted by atomic mass is 10.0. The summed E-state index contributed by atoms with van der Waals surface area (Å²) in [5.74, 6) is 0.950. The third-order valence-corrected chi connectivity index (χ3v) is 3.18. The fourth-order valence-corrected chi connectivity index (χ4v) is 1.87. The van der Waals surface area contributed by atoms with Crippen LogP contribution in [0.15, 0.2) is 24.3 Å². The van der Waals surface area contributed by atoms with Crippen molar-refractivity contribution in [3.63, 3.8) is 0 Å². The van der Waals surface area contributed by atoms with Gasteiger partial charge in [-0.25, -0.2) is 0 Å². The zero-order valence-corrected chi connectivity index (χ0v) is 13.2. The van der Waals surface area contributed by atoms with Crippen LogP contribution in [-0.2, 0) is 9.53 Å². The molecule has 0 aliphatic heterocycles. The van der Waals surface area contributed by atoms with Crippen LogP contribution < -0.4 is 4.74 Å². The lowest BCUT2D eigenvalue weighted by Gasteiger charge is -2.20. The SMILES string of the molecule is COCC(O)CN(C)C(=O)COc1ccc(C(C)C)cc1.